The van der Waals surface area contributed by atoms with E-state index in [0.29, 0.717) is 0 Å². The summed E-state index contributed by atoms with van der Waals surface area (Å²) in [5.74, 6) is 0.388. The largest absolute Gasteiger partial charge is 0.508 e. The summed E-state index contributed by atoms with van der Waals surface area (Å²) < 4.78 is 0. The molecular formula is C13H18O2. The Kier molecular flexibility index (Phi) is 2.59. The van der Waals surface area contributed by atoms with Crippen molar-refractivity contribution >= 4 is 0 Å². The molecule has 2 rings (SSSR count). The minimum Gasteiger partial charge on any atom is -0.508 e. The van der Waals surface area contributed by atoms with Crippen molar-refractivity contribution in [2.24, 2.45) is 0 Å². The van der Waals surface area contributed by atoms with Crippen LogP contribution in [0.15, 0.2) is 18.2 Å². The monoisotopic (exact) mass is 206 g/mol. The molecule has 1 saturated carbocycles. The van der Waals surface area contributed by atoms with Gasteiger partial charge < -0.3 is 10.2 Å². The Bertz CT molecular complexity index is 352. The third-order valence-electron chi connectivity index (χ3n) is 3.79. The first kappa shape index (κ1) is 10.3. The fourth-order valence-corrected chi connectivity index (χ4v) is 2.83. The number of phenolic OH excluding ortho intramolecular Hbond substituents is 2. The molecule has 0 amide bonds. The van der Waals surface area contributed by atoms with Crippen LogP contribution in [0.1, 0.15) is 44.6 Å². The molecule has 1 fully saturated rings. The van der Waals surface area contributed by atoms with Gasteiger partial charge in [-0.25, -0.2) is 0 Å². The van der Waals surface area contributed by atoms with Crippen LogP contribution in [0, 0.1) is 0 Å². The van der Waals surface area contributed by atoms with E-state index in [2.05, 4.69) is 6.92 Å². The lowest BCUT2D eigenvalue weighted by Crippen LogP contribution is -2.20. The summed E-state index contributed by atoms with van der Waals surface area (Å²) in [6.07, 6.45) is 5.86. The molecule has 0 heterocycles. The lowest BCUT2D eigenvalue weighted by Gasteiger charge is -2.28. The SMILES string of the molecule is CCC1(c2ccc(O)cc2O)CCCC1. The van der Waals surface area contributed by atoms with Crippen molar-refractivity contribution < 1.29 is 10.2 Å². The van der Waals surface area contributed by atoms with Crippen LogP contribution in [-0.2, 0) is 5.41 Å². The van der Waals surface area contributed by atoms with E-state index in [1.165, 1.54) is 18.9 Å². The van der Waals surface area contributed by atoms with E-state index in [4.69, 9.17) is 0 Å². The number of hydrogen-bond acceptors (Lipinski definition) is 2. The molecular weight excluding hydrogens is 188 g/mol. The Morgan fingerprint density at radius 1 is 1.20 bits per heavy atom. The highest BCUT2D eigenvalue weighted by Gasteiger charge is 2.35. The third-order valence-corrected chi connectivity index (χ3v) is 3.79. The van der Waals surface area contributed by atoms with Gasteiger partial charge in [-0.3, -0.25) is 0 Å². The number of rotatable bonds is 2. The van der Waals surface area contributed by atoms with E-state index in [1.807, 2.05) is 6.07 Å². The number of phenols is 2. The molecule has 15 heavy (non-hydrogen) atoms. The van der Waals surface area contributed by atoms with Crippen molar-refractivity contribution in [3.8, 4) is 11.5 Å². The van der Waals surface area contributed by atoms with E-state index in [1.54, 1.807) is 6.07 Å². The predicted octanol–water partition coefficient (Wildman–Crippen LogP) is 3.32. The van der Waals surface area contributed by atoms with Crippen molar-refractivity contribution in [1.82, 2.24) is 0 Å². The minimum absolute atomic E-state index is 0.139. The molecule has 2 nitrogen and oxygen atoms in total. The minimum atomic E-state index is 0.139. The second kappa shape index (κ2) is 3.76. The van der Waals surface area contributed by atoms with Gasteiger partial charge in [0.2, 0.25) is 0 Å². The fourth-order valence-electron chi connectivity index (χ4n) is 2.83. The molecule has 0 spiro atoms. The van der Waals surface area contributed by atoms with Gasteiger partial charge in [0, 0.05) is 11.6 Å². The summed E-state index contributed by atoms with van der Waals surface area (Å²) in [5.41, 5.74) is 1.16. The normalized spacial score (nSPS) is 19.3. The first-order valence-corrected chi connectivity index (χ1v) is 5.70. The van der Waals surface area contributed by atoms with E-state index >= 15 is 0 Å². The van der Waals surface area contributed by atoms with Gasteiger partial charge in [0.05, 0.1) is 0 Å². The van der Waals surface area contributed by atoms with Crippen LogP contribution >= 0.6 is 0 Å². The highest BCUT2D eigenvalue weighted by molar-refractivity contribution is 5.44. The van der Waals surface area contributed by atoms with E-state index in [0.717, 1.165) is 24.8 Å². The zero-order chi connectivity index (χ0) is 10.9. The highest BCUT2D eigenvalue weighted by atomic mass is 16.3. The second-order valence-corrected chi connectivity index (χ2v) is 4.54. The van der Waals surface area contributed by atoms with Crippen LogP contribution in [0.25, 0.3) is 0 Å². The van der Waals surface area contributed by atoms with Gasteiger partial charge in [-0.2, -0.15) is 0 Å². The van der Waals surface area contributed by atoms with Crippen LogP contribution in [0.2, 0.25) is 0 Å². The summed E-state index contributed by atoms with van der Waals surface area (Å²) in [6, 6.07) is 5.00. The van der Waals surface area contributed by atoms with Crippen molar-refractivity contribution in [2.75, 3.05) is 0 Å². The zero-order valence-corrected chi connectivity index (χ0v) is 9.16. The topological polar surface area (TPSA) is 40.5 Å². The quantitative estimate of drug-likeness (QED) is 0.779. The van der Waals surface area contributed by atoms with Gasteiger partial charge in [-0.15, -0.1) is 0 Å². The maximum atomic E-state index is 9.89. The summed E-state index contributed by atoms with van der Waals surface area (Å²) in [6.45, 7) is 2.18. The molecule has 0 aromatic heterocycles. The molecule has 82 valence electrons. The van der Waals surface area contributed by atoms with E-state index in [9.17, 15) is 10.2 Å². The van der Waals surface area contributed by atoms with Crippen molar-refractivity contribution in [3.63, 3.8) is 0 Å². The third kappa shape index (κ3) is 1.69. The van der Waals surface area contributed by atoms with Gasteiger partial charge in [-0.1, -0.05) is 25.8 Å². The summed E-state index contributed by atoms with van der Waals surface area (Å²) in [4.78, 5) is 0. The smallest absolute Gasteiger partial charge is 0.123 e. The maximum Gasteiger partial charge on any atom is 0.123 e. The van der Waals surface area contributed by atoms with Gasteiger partial charge >= 0.3 is 0 Å². The summed E-state index contributed by atoms with van der Waals surface area (Å²) >= 11 is 0. The molecule has 0 saturated heterocycles. The van der Waals surface area contributed by atoms with Crippen molar-refractivity contribution in [2.45, 2.75) is 44.4 Å². The molecule has 1 aromatic carbocycles. The van der Waals surface area contributed by atoms with E-state index < -0.39 is 0 Å². The summed E-state index contributed by atoms with van der Waals surface area (Å²) in [5, 5.41) is 19.2. The Morgan fingerprint density at radius 2 is 1.87 bits per heavy atom. The molecule has 0 atom stereocenters. The molecule has 0 bridgehead atoms. The Labute approximate surface area is 90.6 Å². The number of aromatic hydroxyl groups is 2. The zero-order valence-electron chi connectivity index (χ0n) is 9.16. The van der Waals surface area contributed by atoms with Gasteiger partial charge in [0.15, 0.2) is 0 Å². The van der Waals surface area contributed by atoms with Gasteiger partial charge in [0.25, 0.3) is 0 Å². The highest BCUT2D eigenvalue weighted by Crippen LogP contribution is 2.47. The average molecular weight is 206 g/mol. The van der Waals surface area contributed by atoms with Crippen LogP contribution in [0.3, 0.4) is 0 Å². The lowest BCUT2D eigenvalue weighted by molar-refractivity contribution is 0.384. The predicted molar refractivity (Wildman–Crippen MR) is 60.2 cm³/mol. The Balaban J connectivity index is 2.42. The van der Waals surface area contributed by atoms with E-state index in [-0.39, 0.29) is 16.9 Å². The molecule has 0 aliphatic heterocycles. The standard InChI is InChI=1S/C13H18O2/c1-2-13(7-3-4-8-13)11-6-5-10(14)9-12(11)15/h5-6,9,14-15H,2-4,7-8H2,1H3. The number of hydrogen-bond donors (Lipinski definition) is 2. The first-order valence-electron chi connectivity index (χ1n) is 5.70. The molecule has 2 heteroatoms. The molecule has 1 aromatic rings. The average Bonchev–Trinajstić information content (AvgIpc) is 2.67. The van der Waals surface area contributed by atoms with Crippen LogP contribution < -0.4 is 0 Å². The van der Waals surface area contributed by atoms with Crippen molar-refractivity contribution in [3.05, 3.63) is 23.8 Å². The molecule has 0 radical (unpaired) electrons. The fraction of sp³-hybridized carbons (Fsp3) is 0.538. The van der Waals surface area contributed by atoms with Gasteiger partial charge in [-0.05, 0) is 30.7 Å². The number of benzene rings is 1. The molecule has 1 aliphatic rings. The molecule has 2 N–H and O–H groups in total. The van der Waals surface area contributed by atoms with Crippen molar-refractivity contribution in [1.29, 1.82) is 0 Å². The van der Waals surface area contributed by atoms with Crippen LogP contribution in [0.4, 0.5) is 0 Å². The first-order chi connectivity index (χ1) is 7.18. The summed E-state index contributed by atoms with van der Waals surface area (Å²) in [7, 11) is 0. The second-order valence-electron chi connectivity index (χ2n) is 4.54. The van der Waals surface area contributed by atoms with Crippen LogP contribution in [0.5, 0.6) is 11.5 Å². The Hall–Kier alpha value is -1.18. The lowest BCUT2D eigenvalue weighted by atomic mass is 9.76. The molecule has 1 aliphatic carbocycles. The maximum absolute atomic E-state index is 9.89. The van der Waals surface area contributed by atoms with Crippen LogP contribution in [-0.4, -0.2) is 10.2 Å². The van der Waals surface area contributed by atoms with Gasteiger partial charge in [0.1, 0.15) is 11.5 Å². The Morgan fingerprint density at radius 3 is 2.40 bits per heavy atom. The molecule has 0 unspecified atom stereocenters.